The zero-order valence-corrected chi connectivity index (χ0v) is 11.8. The van der Waals surface area contributed by atoms with Crippen LogP contribution in [0, 0.1) is 0 Å². The Morgan fingerprint density at radius 1 is 1.19 bits per heavy atom. The molecule has 1 atom stereocenters. The standard InChI is InChI=1S/C16H18N2O3/c1-12(21-16(20)14-8-5-10-17-14)15(19)18-11-9-13-6-3-2-4-7-13/h2-8,10,12,17H,9,11H2,1H3,(H,18,19)/t12-/m0/s1. The van der Waals surface area contributed by atoms with E-state index in [1.165, 1.54) is 0 Å². The molecule has 1 amide bonds. The molecule has 5 nitrogen and oxygen atoms in total. The summed E-state index contributed by atoms with van der Waals surface area (Å²) in [5, 5.41) is 2.76. The third kappa shape index (κ3) is 4.49. The summed E-state index contributed by atoms with van der Waals surface area (Å²) in [7, 11) is 0. The van der Waals surface area contributed by atoms with Crippen LogP contribution in [0.4, 0.5) is 0 Å². The van der Waals surface area contributed by atoms with Gasteiger partial charge in [0.2, 0.25) is 0 Å². The highest BCUT2D eigenvalue weighted by atomic mass is 16.5. The Kier molecular flexibility index (Phi) is 5.15. The normalized spacial score (nSPS) is 11.7. The van der Waals surface area contributed by atoms with E-state index in [0.717, 1.165) is 12.0 Å². The number of nitrogens with one attached hydrogen (secondary N) is 2. The van der Waals surface area contributed by atoms with Crippen LogP contribution in [0.15, 0.2) is 48.7 Å². The van der Waals surface area contributed by atoms with Gasteiger partial charge < -0.3 is 15.0 Å². The lowest BCUT2D eigenvalue weighted by Gasteiger charge is -2.13. The van der Waals surface area contributed by atoms with Crippen molar-refractivity contribution in [1.82, 2.24) is 10.3 Å². The average Bonchev–Trinajstić information content (AvgIpc) is 3.02. The highest BCUT2D eigenvalue weighted by molar-refractivity contribution is 5.90. The first-order valence-electron chi connectivity index (χ1n) is 6.83. The van der Waals surface area contributed by atoms with E-state index in [9.17, 15) is 9.59 Å². The Morgan fingerprint density at radius 3 is 2.62 bits per heavy atom. The van der Waals surface area contributed by atoms with Gasteiger partial charge in [-0.05, 0) is 31.0 Å². The first kappa shape index (κ1) is 14.8. The summed E-state index contributed by atoms with van der Waals surface area (Å²) >= 11 is 0. The van der Waals surface area contributed by atoms with E-state index < -0.39 is 12.1 Å². The monoisotopic (exact) mass is 286 g/mol. The summed E-state index contributed by atoms with van der Waals surface area (Å²) in [6.45, 7) is 2.06. The lowest BCUT2D eigenvalue weighted by molar-refractivity contribution is -0.129. The molecule has 21 heavy (non-hydrogen) atoms. The highest BCUT2D eigenvalue weighted by Gasteiger charge is 2.18. The van der Waals surface area contributed by atoms with E-state index in [1.807, 2.05) is 30.3 Å². The molecule has 2 aromatic rings. The van der Waals surface area contributed by atoms with Crippen LogP contribution in [0.3, 0.4) is 0 Å². The maximum Gasteiger partial charge on any atom is 0.355 e. The van der Waals surface area contributed by atoms with Gasteiger partial charge in [-0.2, -0.15) is 0 Å². The molecule has 0 bridgehead atoms. The molecule has 0 spiro atoms. The van der Waals surface area contributed by atoms with Gasteiger partial charge in [-0.1, -0.05) is 30.3 Å². The Bertz CT molecular complexity index is 579. The molecular formula is C16H18N2O3. The molecule has 0 aliphatic rings. The van der Waals surface area contributed by atoms with Crippen molar-refractivity contribution in [3.8, 4) is 0 Å². The van der Waals surface area contributed by atoms with Crippen molar-refractivity contribution in [2.45, 2.75) is 19.4 Å². The highest BCUT2D eigenvalue weighted by Crippen LogP contribution is 2.02. The van der Waals surface area contributed by atoms with Crippen LogP contribution in [0.5, 0.6) is 0 Å². The molecule has 1 aromatic carbocycles. The third-order valence-corrected chi connectivity index (χ3v) is 3.03. The number of aromatic nitrogens is 1. The van der Waals surface area contributed by atoms with Crippen LogP contribution in [-0.4, -0.2) is 29.5 Å². The van der Waals surface area contributed by atoms with E-state index in [0.29, 0.717) is 12.2 Å². The van der Waals surface area contributed by atoms with E-state index in [-0.39, 0.29) is 5.91 Å². The van der Waals surface area contributed by atoms with Crippen LogP contribution in [0.25, 0.3) is 0 Å². The number of hydrogen-bond acceptors (Lipinski definition) is 3. The van der Waals surface area contributed by atoms with Crippen molar-refractivity contribution in [2.24, 2.45) is 0 Å². The Labute approximate surface area is 123 Å². The molecule has 110 valence electrons. The average molecular weight is 286 g/mol. The van der Waals surface area contributed by atoms with Crippen LogP contribution in [0.2, 0.25) is 0 Å². The van der Waals surface area contributed by atoms with Gasteiger partial charge in [-0.15, -0.1) is 0 Å². The molecule has 0 unspecified atom stereocenters. The molecule has 0 saturated heterocycles. The van der Waals surface area contributed by atoms with Gasteiger partial charge in [0.15, 0.2) is 6.10 Å². The second-order valence-corrected chi connectivity index (χ2v) is 4.66. The van der Waals surface area contributed by atoms with Gasteiger partial charge in [0, 0.05) is 12.7 Å². The lowest BCUT2D eigenvalue weighted by Crippen LogP contribution is -2.36. The van der Waals surface area contributed by atoms with Gasteiger partial charge in [0.25, 0.3) is 5.91 Å². The van der Waals surface area contributed by atoms with Gasteiger partial charge in [0.1, 0.15) is 5.69 Å². The smallest absolute Gasteiger partial charge is 0.355 e. The number of carbonyl (C=O) groups excluding carboxylic acids is 2. The molecule has 0 saturated carbocycles. The molecule has 1 aromatic heterocycles. The van der Waals surface area contributed by atoms with Gasteiger partial charge in [0.05, 0.1) is 0 Å². The number of H-pyrrole nitrogens is 1. The van der Waals surface area contributed by atoms with Crippen molar-refractivity contribution in [2.75, 3.05) is 6.54 Å². The molecule has 0 aliphatic heterocycles. The van der Waals surface area contributed by atoms with E-state index >= 15 is 0 Å². The fourth-order valence-electron chi connectivity index (χ4n) is 1.85. The van der Waals surface area contributed by atoms with E-state index in [2.05, 4.69) is 10.3 Å². The Balaban J connectivity index is 1.74. The molecule has 1 heterocycles. The van der Waals surface area contributed by atoms with Crippen molar-refractivity contribution in [3.63, 3.8) is 0 Å². The second kappa shape index (κ2) is 7.28. The molecule has 0 radical (unpaired) electrons. The summed E-state index contributed by atoms with van der Waals surface area (Å²) < 4.78 is 5.08. The van der Waals surface area contributed by atoms with Crippen LogP contribution in [0.1, 0.15) is 23.0 Å². The summed E-state index contributed by atoms with van der Waals surface area (Å²) in [4.78, 5) is 26.3. The van der Waals surface area contributed by atoms with Crippen molar-refractivity contribution in [1.29, 1.82) is 0 Å². The fourth-order valence-corrected chi connectivity index (χ4v) is 1.85. The number of hydrogen-bond donors (Lipinski definition) is 2. The zero-order chi connectivity index (χ0) is 15.1. The lowest BCUT2D eigenvalue weighted by atomic mass is 10.1. The second-order valence-electron chi connectivity index (χ2n) is 4.66. The maximum absolute atomic E-state index is 11.8. The van der Waals surface area contributed by atoms with Gasteiger partial charge >= 0.3 is 5.97 Å². The predicted octanol–water partition coefficient (Wildman–Crippen LogP) is 1.92. The molecule has 0 aliphatic carbocycles. The number of amides is 1. The number of rotatable bonds is 6. The zero-order valence-electron chi connectivity index (χ0n) is 11.8. The Morgan fingerprint density at radius 2 is 1.95 bits per heavy atom. The fraction of sp³-hybridized carbons (Fsp3) is 0.250. The number of benzene rings is 1. The SMILES string of the molecule is C[C@H](OC(=O)c1ccc[nH]1)C(=O)NCCc1ccccc1. The number of ether oxygens (including phenoxy) is 1. The number of aromatic amines is 1. The van der Waals surface area contributed by atoms with Gasteiger partial charge in [-0.25, -0.2) is 4.79 Å². The molecule has 5 heteroatoms. The largest absolute Gasteiger partial charge is 0.448 e. The van der Waals surface area contributed by atoms with Crippen molar-refractivity contribution >= 4 is 11.9 Å². The third-order valence-electron chi connectivity index (χ3n) is 3.03. The van der Waals surface area contributed by atoms with Crippen molar-refractivity contribution < 1.29 is 14.3 Å². The predicted molar refractivity (Wildman–Crippen MR) is 78.8 cm³/mol. The molecular weight excluding hydrogens is 268 g/mol. The summed E-state index contributed by atoms with van der Waals surface area (Å²) in [6.07, 6.45) is 1.54. The van der Waals surface area contributed by atoms with Crippen LogP contribution < -0.4 is 5.32 Å². The van der Waals surface area contributed by atoms with Gasteiger partial charge in [-0.3, -0.25) is 4.79 Å². The quantitative estimate of drug-likeness (QED) is 0.797. The molecule has 0 fully saturated rings. The first-order valence-corrected chi connectivity index (χ1v) is 6.83. The Hall–Kier alpha value is -2.56. The summed E-state index contributed by atoms with van der Waals surface area (Å²) in [6, 6.07) is 13.2. The molecule has 2 rings (SSSR count). The maximum atomic E-state index is 11.8. The minimum Gasteiger partial charge on any atom is -0.448 e. The topological polar surface area (TPSA) is 71.2 Å². The first-order chi connectivity index (χ1) is 10.2. The van der Waals surface area contributed by atoms with Crippen LogP contribution in [-0.2, 0) is 16.0 Å². The number of esters is 1. The van der Waals surface area contributed by atoms with Crippen LogP contribution >= 0.6 is 0 Å². The minimum atomic E-state index is -0.823. The van der Waals surface area contributed by atoms with Crippen molar-refractivity contribution in [3.05, 3.63) is 59.9 Å². The summed E-state index contributed by atoms with van der Waals surface area (Å²) in [5.41, 5.74) is 1.48. The molecule has 2 N–H and O–H groups in total. The van der Waals surface area contributed by atoms with E-state index in [4.69, 9.17) is 4.74 Å². The van der Waals surface area contributed by atoms with E-state index in [1.54, 1.807) is 25.3 Å². The number of carbonyl (C=O) groups is 2. The minimum absolute atomic E-state index is 0.300. The summed E-state index contributed by atoms with van der Waals surface area (Å²) in [5.74, 6) is -0.837.